The monoisotopic (exact) mass is 336 g/mol. The Morgan fingerprint density at radius 3 is 2.90 bits per heavy atom. The van der Waals surface area contributed by atoms with Crippen molar-refractivity contribution in [3.05, 3.63) is 34.9 Å². The van der Waals surface area contributed by atoms with Crippen LogP contribution in [-0.2, 0) is 6.54 Å². The Morgan fingerprint density at radius 1 is 1.25 bits per heavy atom. The first-order valence-electron chi connectivity index (χ1n) is 7.69. The third-order valence-corrected chi connectivity index (χ3v) is 4.54. The van der Waals surface area contributed by atoms with Crippen LogP contribution in [0.1, 0.15) is 39.5 Å². The average Bonchev–Trinajstić information content (AvgIpc) is 2.84. The molecule has 1 aromatic heterocycles. The molecular formula is C17H25BrN2. The molecule has 3 heteroatoms. The fourth-order valence-electron chi connectivity index (χ4n) is 2.61. The van der Waals surface area contributed by atoms with E-state index >= 15 is 0 Å². The summed E-state index contributed by atoms with van der Waals surface area (Å²) >= 11 is 3.61. The van der Waals surface area contributed by atoms with Crippen molar-refractivity contribution in [1.82, 2.24) is 9.88 Å². The molecular weight excluding hydrogens is 312 g/mol. The highest BCUT2D eigenvalue weighted by Gasteiger charge is 2.04. The van der Waals surface area contributed by atoms with E-state index < -0.39 is 0 Å². The van der Waals surface area contributed by atoms with E-state index in [1.807, 2.05) is 0 Å². The van der Waals surface area contributed by atoms with Gasteiger partial charge < -0.3 is 9.88 Å². The maximum atomic E-state index is 3.63. The van der Waals surface area contributed by atoms with Crippen LogP contribution in [0.2, 0.25) is 0 Å². The largest absolute Gasteiger partial charge is 0.346 e. The van der Waals surface area contributed by atoms with Gasteiger partial charge in [0, 0.05) is 40.7 Å². The molecule has 1 aromatic carbocycles. The van der Waals surface area contributed by atoms with E-state index in [-0.39, 0.29) is 0 Å². The van der Waals surface area contributed by atoms with Gasteiger partial charge in [0.25, 0.3) is 0 Å². The third-order valence-electron chi connectivity index (χ3n) is 3.85. The van der Waals surface area contributed by atoms with Gasteiger partial charge in [0.05, 0.1) is 0 Å². The summed E-state index contributed by atoms with van der Waals surface area (Å²) in [6.07, 6.45) is 7.45. The first-order valence-corrected chi connectivity index (χ1v) is 8.48. The smallest absolute Gasteiger partial charge is 0.0492 e. The van der Waals surface area contributed by atoms with Crippen LogP contribution in [0.4, 0.5) is 0 Å². The number of halogens is 1. The summed E-state index contributed by atoms with van der Waals surface area (Å²) in [5.74, 6) is 0. The van der Waals surface area contributed by atoms with Crippen LogP contribution in [0.25, 0.3) is 10.9 Å². The molecule has 1 N–H and O–H groups in total. The van der Waals surface area contributed by atoms with E-state index in [4.69, 9.17) is 0 Å². The molecule has 0 saturated heterocycles. The lowest BCUT2D eigenvalue weighted by molar-refractivity contribution is 0.473. The van der Waals surface area contributed by atoms with Gasteiger partial charge in [-0.2, -0.15) is 0 Å². The second-order valence-corrected chi connectivity index (χ2v) is 6.39. The Bertz CT molecular complexity index is 533. The predicted octanol–water partition coefficient (Wildman–Crippen LogP) is 4.96. The van der Waals surface area contributed by atoms with Gasteiger partial charge in [0.15, 0.2) is 0 Å². The number of rotatable bonds is 8. The molecule has 1 atom stereocenters. The Morgan fingerprint density at radius 2 is 2.10 bits per heavy atom. The average molecular weight is 337 g/mol. The molecule has 2 nitrogen and oxygen atoms in total. The number of benzene rings is 1. The summed E-state index contributed by atoms with van der Waals surface area (Å²) in [7, 11) is 0. The SMILES string of the molecule is CCCCCC(C)NCCn1ccc2c(Br)cccc21. The number of nitrogens with zero attached hydrogens (tertiary/aromatic N) is 1. The number of unbranched alkanes of at least 4 members (excludes halogenated alkanes) is 2. The van der Waals surface area contributed by atoms with Crippen LogP contribution in [0.5, 0.6) is 0 Å². The molecule has 0 saturated carbocycles. The molecule has 0 aliphatic heterocycles. The molecule has 0 amide bonds. The lowest BCUT2D eigenvalue weighted by Crippen LogP contribution is -2.29. The van der Waals surface area contributed by atoms with Gasteiger partial charge in [-0.3, -0.25) is 0 Å². The minimum atomic E-state index is 0.620. The molecule has 0 bridgehead atoms. The zero-order chi connectivity index (χ0) is 14.4. The number of hydrogen-bond acceptors (Lipinski definition) is 1. The van der Waals surface area contributed by atoms with Crippen LogP contribution in [0.15, 0.2) is 34.9 Å². The Balaban J connectivity index is 1.83. The Kier molecular flexibility index (Phi) is 6.11. The normalized spacial score (nSPS) is 12.9. The van der Waals surface area contributed by atoms with Gasteiger partial charge in [0.2, 0.25) is 0 Å². The molecule has 0 fully saturated rings. The van der Waals surface area contributed by atoms with Gasteiger partial charge >= 0.3 is 0 Å². The van der Waals surface area contributed by atoms with Crippen molar-refractivity contribution >= 4 is 26.8 Å². The van der Waals surface area contributed by atoms with E-state index in [9.17, 15) is 0 Å². The number of aromatic nitrogens is 1. The zero-order valence-corrected chi connectivity index (χ0v) is 14.1. The quantitative estimate of drug-likeness (QED) is 0.674. The van der Waals surface area contributed by atoms with Crippen molar-refractivity contribution in [2.45, 2.75) is 52.1 Å². The zero-order valence-electron chi connectivity index (χ0n) is 12.5. The van der Waals surface area contributed by atoms with Gasteiger partial charge in [-0.1, -0.05) is 48.2 Å². The van der Waals surface area contributed by atoms with Crippen LogP contribution in [0, 0.1) is 0 Å². The third kappa shape index (κ3) is 4.10. The lowest BCUT2D eigenvalue weighted by atomic mass is 10.1. The summed E-state index contributed by atoms with van der Waals surface area (Å²) in [5.41, 5.74) is 1.31. The molecule has 0 aliphatic carbocycles. The summed E-state index contributed by atoms with van der Waals surface area (Å²) in [5, 5.41) is 4.92. The highest BCUT2D eigenvalue weighted by Crippen LogP contribution is 2.24. The van der Waals surface area contributed by atoms with Crippen molar-refractivity contribution in [3.63, 3.8) is 0 Å². The van der Waals surface area contributed by atoms with Crippen molar-refractivity contribution in [3.8, 4) is 0 Å². The second kappa shape index (κ2) is 7.84. The minimum Gasteiger partial charge on any atom is -0.346 e. The van der Waals surface area contributed by atoms with Gasteiger partial charge in [-0.25, -0.2) is 0 Å². The fourth-order valence-corrected chi connectivity index (χ4v) is 3.10. The van der Waals surface area contributed by atoms with Crippen LogP contribution in [-0.4, -0.2) is 17.2 Å². The summed E-state index contributed by atoms with van der Waals surface area (Å²) < 4.78 is 3.50. The van der Waals surface area contributed by atoms with E-state index in [0.717, 1.165) is 13.1 Å². The van der Waals surface area contributed by atoms with Crippen molar-refractivity contribution in [2.75, 3.05) is 6.54 Å². The standard InChI is InChI=1S/C17H25BrN2/c1-3-4-5-7-14(2)19-11-13-20-12-10-15-16(18)8-6-9-17(15)20/h6,8-10,12,14,19H,3-5,7,11,13H2,1-2H3. The molecule has 0 radical (unpaired) electrons. The molecule has 20 heavy (non-hydrogen) atoms. The van der Waals surface area contributed by atoms with E-state index in [0.29, 0.717) is 6.04 Å². The van der Waals surface area contributed by atoms with Crippen molar-refractivity contribution < 1.29 is 0 Å². The number of fused-ring (bicyclic) bond motifs is 1. The molecule has 1 unspecified atom stereocenters. The maximum Gasteiger partial charge on any atom is 0.0492 e. The topological polar surface area (TPSA) is 17.0 Å². The number of hydrogen-bond donors (Lipinski definition) is 1. The van der Waals surface area contributed by atoms with Gasteiger partial charge in [-0.15, -0.1) is 0 Å². The lowest BCUT2D eigenvalue weighted by Gasteiger charge is -2.14. The van der Waals surface area contributed by atoms with E-state index in [1.54, 1.807) is 0 Å². The van der Waals surface area contributed by atoms with Crippen LogP contribution < -0.4 is 5.32 Å². The predicted molar refractivity (Wildman–Crippen MR) is 91.2 cm³/mol. The van der Waals surface area contributed by atoms with Gasteiger partial charge in [-0.05, 0) is 31.5 Å². The van der Waals surface area contributed by atoms with Crippen LogP contribution in [0.3, 0.4) is 0 Å². The second-order valence-electron chi connectivity index (χ2n) is 5.53. The molecule has 0 aliphatic rings. The number of nitrogens with one attached hydrogen (secondary N) is 1. The highest BCUT2D eigenvalue weighted by molar-refractivity contribution is 9.10. The minimum absolute atomic E-state index is 0.620. The van der Waals surface area contributed by atoms with Crippen molar-refractivity contribution in [1.29, 1.82) is 0 Å². The first-order chi connectivity index (χ1) is 9.72. The Labute approximate surface area is 130 Å². The van der Waals surface area contributed by atoms with E-state index in [2.05, 4.69) is 70.1 Å². The molecule has 1 heterocycles. The molecule has 2 aromatic rings. The summed E-state index contributed by atoms with van der Waals surface area (Å²) in [6, 6.07) is 9.19. The fraction of sp³-hybridized carbons (Fsp3) is 0.529. The molecule has 0 spiro atoms. The van der Waals surface area contributed by atoms with Crippen LogP contribution >= 0.6 is 15.9 Å². The van der Waals surface area contributed by atoms with E-state index in [1.165, 1.54) is 41.1 Å². The maximum absolute atomic E-state index is 3.63. The molecule has 2 rings (SSSR count). The summed E-state index contributed by atoms with van der Waals surface area (Å²) in [4.78, 5) is 0. The highest BCUT2D eigenvalue weighted by atomic mass is 79.9. The van der Waals surface area contributed by atoms with Gasteiger partial charge in [0.1, 0.15) is 0 Å². The molecule has 110 valence electrons. The Hall–Kier alpha value is -0.800. The summed E-state index contributed by atoms with van der Waals surface area (Å²) in [6.45, 7) is 6.61. The van der Waals surface area contributed by atoms with Crippen molar-refractivity contribution in [2.24, 2.45) is 0 Å². The first kappa shape index (κ1) is 15.6.